The van der Waals surface area contributed by atoms with Crippen molar-refractivity contribution in [2.24, 2.45) is 0 Å². The Morgan fingerprint density at radius 1 is 1.50 bits per heavy atom. The minimum absolute atomic E-state index is 0.284. The maximum Gasteiger partial charge on any atom is 0.507 e. The van der Waals surface area contributed by atoms with Crippen LogP contribution in [0, 0.1) is 0 Å². The second-order valence-electron chi connectivity index (χ2n) is 3.97. The van der Waals surface area contributed by atoms with Crippen molar-refractivity contribution in [3.63, 3.8) is 0 Å². The summed E-state index contributed by atoms with van der Waals surface area (Å²) in [5, 5.41) is 8.52. The molecule has 6 nitrogen and oxygen atoms in total. The number of hydrogen-bond acceptors (Lipinski definition) is 4. The Labute approximate surface area is 91.7 Å². The molecule has 0 rings (SSSR count). The van der Waals surface area contributed by atoms with Crippen LogP contribution in [-0.4, -0.2) is 49.4 Å². The van der Waals surface area contributed by atoms with Gasteiger partial charge in [-0.2, -0.15) is 0 Å². The van der Waals surface area contributed by atoms with Gasteiger partial charge in [-0.25, -0.2) is 0 Å². The molecule has 0 saturated carbocycles. The van der Waals surface area contributed by atoms with Crippen molar-refractivity contribution >= 4 is 5.97 Å². The van der Waals surface area contributed by atoms with Gasteiger partial charge in [0.05, 0.1) is 27.6 Å². The van der Waals surface area contributed by atoms with Gasteiger partial charge in [0.1, 0.15) is 6.54 Å². The smallest absolute Gasteiger partial charge is 0.481 e. The molecule has 0 fully saturated rings. The number of aliphatic carboxylic acids is 1. The quantitative estimate of drug-likeness (QED) is 0.390. The van der Waals surface area contributed by atoms with E-state index in [9.17, 15) is 11.7 Å². The summed E-state index contributed by atoms with van der Waals surface area (Å²) in [6, 6.07) is 0. The highest BCUT2D eigenvalue weighted by molar-refractivity contribution is 5.67. The number of carboxylic acid groups (broad SMARTS) is 1. The lowest BCUT2D eigenvalue weighted by Crippen LogP contribution is -3.99. The van der Waals surface area contributed by atoms with Crippen molar-refractivity contribution in [3.05, 3.63) is 0 Å². The predicted molar refractivity (Wildman–Crippen MR) is 40.0 cm³/mol. The average molecular weight is 320 g/mol. The molecular weight excluding hydrogens is 305 g/mol. The van der Waals surface area contributed by atoms with E-state index in [0.717, 1.165) is 0 Å². The van der Waals surface area contributed by atoms with Gasteiger partial charge < -0.3 is 16.5 Å². The van der Waals surface area contributed by atoms with Gasteiger partial charge in [0.15, 0.2) is 0 Å². The molecule has 0 aliphatic carbocycles. The molecule has 84 valence electrons. The molecule has 0 spiro atoms. The summed E-state index contributed by atoms with van der Waals surface area (Å²) in [4.78, 5) is 10.4. The second-order valence-corrected chi connectivity index (χ2v) is 5.56. The monoisotopic (exact) mass is 320 g/mol. The van der Waals surface area contributed by atoms with Crippen LogP contribution in [-0.2, 0) is 7.86 Å². The summed E-state index contributed by atoms with van der Waals surface area (Å²) < 4.78 is 25.8. The zero-order valence-electron chi connectivity index (χ0n) is 8.40. The molecule has 1 N–H and O–H groups in total. The Morgan fingerprint density at radius 3 is 2.29 bits per heavy atom. The topological polar surface area (TPSA) is 92.7 Å². The maximum atomic E-state index is 10.4. The van der Waals surface area contributed by atoms with Crippen molar-refractivity contribution in [1.82, 2.24) is 0 Å². The van der Waals surface area contributed by atoms with E-state index in [2.05, 4.69) is 3.07 Å². The Balaban J connectivity index is 4.17. The van der Waals surface area contributed by atoms with Gasteiger partial charge in [0.2, 0.25) is 6.10 Å². The highest BCUT2D eigenvalue weighted by Crippen LogP contribution is 2.01. The Morgan fingerprint density at radius 2 is 2.00 bits per heavy atom. The van der Waals surface area contributed by atoms with Crippen molar-refractivity contribution in [1.29, 1.82) is 0 Å². The summed E-state index contributed by atoms with van der Waals surface area (Å²) in [7, 11) is 5.52. The molecule has 0 amide bonds. The first-order chi connectivity index (χ1) is 6.20. The summed E-state index contributed by atoms with van der Waals surface area (Å²) in [6.07, 6.45) is -1.04. The van der Waals surface area contributed by atoms with E-state index in [-0.39, 0.29) is 6.42 Å². The first kappa shape index (κ1) is 14.0. The zero-order valence-corrected chi connectivity index (χ0v) is 10.6. The number of rotatable bonds is 6. The standard InChI is InChI=1S/C7H14INO5/c1-9(2,3)5-6(4-7(10)11)14-8(12)13/h6H,4-5H2,1-3H3/p+1. The van der Waals surface area contributed by atoms with Gasteiger partial charge in [0, 0.05) is 0 Å². The highest BCUT2D eigenvalue weighted by Gasteiger charge is 2.31. The Kier molecular flexibility index (Phi) is 5.83. The molecule has 1 atom stereocenters. The number of carbonyl (C=O) groups is 1. The summed E-state index contributed by atoms with van der Waals surface area (Å²) in [6.45, 7) is 0.352. The third-order valence-corrected chi connectivity index (χ3v) is 2.49. The fourth-order valence-corrected chi connectivity index (χ4v) is 1.96. The van der Waals surface area contributed by atoms with Crippen LogP contribution in [0.15, 0.2) is 0 Å². The van der Waals surface area contributed by atoms with Crippen LogP contribution >= 0.6 is 0 Å². The van der Waals surface area contributed by atoms with E-state index in [4.69, 9.17) is 5.11 Å². The number of carboxylic acids is 1. The Hall–Kier alpha value is 0.0400. The molecule has 0 bridgehead atoms. The number of likely N-dealkylation sites (N-methyl/N-ethyl adjacent to an activating group) is 1. The fourth-order valence-electron chi connectivity index (χ4n) is 1.03. The molecule has 0 radical (unpaired) electrons. The molecule has 0 heterocycles. The molecule has 7 heteroatoms. The lowest BCUT2D eigenvalue weighted by Gasteiger charge is -2.25. The molecular formula is C7H15INO5+. The molecule has 0 aromatic heterocycles. The minimum atomic E-state index is -3.81. The van der Waals surface area contributed by atoms with Crippen LogP contribution in [0.4, 0.5) is 0 Å². The predicted octanol–water partition coefficient (Wildman–Crippen LogP) is -5.36. The maximum absolute atomic E-state index is 10.4. The van der Waals surface area contributed by atoms with Gasteiger partial charge in [0.25, 0.3) is 0 Å². The van der Waals surface area contributed by atoms with E-state index in [1.165, 1.54) is 0 Å². The molecule has 1 unspecified atom stereocenters. The van der Waals surface area contributed by atoms with Crippen molar-refractivity contribution in [3.8, 4) is 0 Å². The Bertz CT molecular complexity index is 191. The zero-order chi connectivity index (χ0) is 11.4. The van der Waals surface area contributed by atoms with Crippen LogP contribution in [0.1, 0.15) is 6.42 Å². The van der Waals surface area contributed by atoms with E-state index in [1.807, 2.05) is 21.1 Å². The van der Waals surface area contributed by atoms with Crippen LogP contribution in [0.2, 0.25) is 0 Å². The third kappa shape index (κ3) is 8.63. The first-order valence-electron chi connectivity index (χ1n) is 3.95. The van der Waals surface area contributed by atoms with Gasteiger partial charge in [-0.05, 0) is 3.07 Å². The summed E-state index contributed by atoms with van der Waals surface area (Å²) in [5.41, 5.74) is 0. The van der Waals surface area contributed by atoms with Gasteiger partial charge in [-0.3, -0.25) is 4.79 Å². The number of quaternary nitrogens is 1. The fraction of sp³-hybridized carbons (Fsp3) is 0.857. The number of nitrogens with zero attached hydrogens (tertiary/aromatic N) is 1. The molecule has 14 heavy (non-hydrogen) atoms. The van der Waals surface area contributed by atoms with Gasteiger partial charge in [-0.1, -0.05) is 0 Å². The normalized spacial score (nSPS) is 14.4. The SMILES string of the molecule is C[N+](C)(C)CC(CC(=O)O)O[I+2]([O-])[O-]. The van der Waals surface area contributed by atoms with Crippen LogP contribution in [0.25, 0.3) is 0 Å². The molecule has 0 aliphatic rings. The summed E-state index contributed by atoms with van der Waals surface area (Å²) in [5.74, 6) is -1.05. The van der Waals surface area contributed by atoms with E-state index in [1.54, 1.807) is 0 Å². The number of hydrogen-bond donors (Lipinski definition) is 1. The highest BCUT2D eigenvalue weighted by atomic mass is 127. The van der Waals surface area contributed by atoms with Gasteiger partial charge >= 0.3 is 27.0 Å². The van der Waals surface area contributed by atoms with Crippen molar-refractivity contribution in [2.75, 3.05) is 27.7 Å². The van der Waals surface area contributed by atoms with Crippen LogP contribution in [0.3, 0.4) is 0 Å². The molecule has 0 aromatic carbocycles. The largest absolute Gasteiger partial charge is 0.507 e. The van der Waals surface area contributed by atoms with E-state index < -0.39 is 33.1 Å². The van der Waals surface area contributed by atoms with Gasteiger partial charge in [-0.15, -0.1) is 0 Å². The average Bonchev–Trinajstić information content (AvgIpc) is 1.77. The van der Waals surface area contributed by atoms with E-state index in [0.29, 0.717) is 11.0 Å². The van der Waals surface area contributed by atoms with E-state index >= 15 is 0 Å². The van der Waals surface area contributed by atoms with Crippen LogP contribution < -0.4 is 27.9 Å². The minimum Gasteiger partial charge on any atom is -0.481 e. The molecule has 0 aliphatic heterocycles. The van der Waals surface area contributed by atoms with Crippen molar-refractivity contribution in [2.45, 2.75) is 12.5 Å². The van der Waals surface area contributed by atoms with Crippen molar-refractivity contribution < 1.29 is 45.4 Å². The lowest BCUT2D eigenvalue weighted by atomic mass is 10.2. The first-order valence-corrected chi connectivity index (χ1v) is 6.60. The second kappa shape index (κ2) is 5.81. The lowest BCUT2D eigenvalue weighted by molar-refractivity contribution is -1.63. The van der Waals surface area contributed by atoms with Crippen LogP contribution in [0.5, 0.6) is 0 Å². The number of halogens is 1. The summed E-state index contributed by atoms with van der Waals surface area (Å²) >= 11 is -3.81. The molecule has 0 saturated heterocycles. The third-order valence-electron chi connectivity index (χ3n) is 1.35. The molecule has 0 aromatic rings.